The summed E-state index contributed by atoms with van der Waals surface area (Å²) in [6, 6.07) is 6.60. The van der Waals surface area contributed by atoms with Crippen LogP contribution in [0.1, 0.15) is 33.1 Å². The zero-order valence-electron chi connectivity index (χ0n) is 12.4. The maximum Gasteiger partial charge on any atom is 0.162 e. The molecule has 0 aromatic heterocycles. The number of benzene rings is 1. The van der Waals surface area contributed by atoms with Crippen LogP contribution in [0, 0.1) is 11.8 Å². The van der Waals surface area contributed by atoms with Crippen molar-refractivity contribution in [2.45, 2.75) is 39.2 Å². The highest BCUT2D eigenvalue weighted by Gasteiger charge is 2.24. The fraction of sp³-hybridized carbons (Fsp3) is 0.625. The molecule has 2 rings (SSSR count). The zero-order valence-corrected chi connectivity index (χ0v) is 12.4. The smallest absolute Gasteiger partial charge is 0.162 e. The lowest BCUT2D eigenvalue weighted by molar-refractivity contribution is 0.261. The van der Waals surface area contributed by atoms with Crippen molar-refractivity contribution >= 4 is 5.69 Å². The van der Waals surface area contributed by atoms with Gasteiger partial charge in [0, 0.05) is 17.8 Å². The van der Waals surface area contributed by atoms with Gasteiger partial charge >= 0.3 is 0 Å². The molecule has 0 radical (unpaired) electrons. The molecule has 0 heterocycles. The standard InChI is InChI=1S/C16H25NO2/c1-11-5-6-13(9-12(11)2)17-14-7-8-15(18-3)16(10-14)19-4/h7-8,10-13,17H,5-6,9H2,1-4H3. The van der Waals surface area contributed by atoms with Crippen LogP contribution in [0.3, 0.4) is 0 Å². The van der Waals surface area contributed by atoms with E-state index in [0.29, 0.717) is 6.04 Å². The van der Waals surface area contributed by atoms with Gasteiger partial charge < -0.3 is 14.8 Å². The van der Waals surface area contributed by atoms with Crippen molar-refractivity contribution in [3.63, 3.8) is 0 Å². The molecule has 1 aliphatic carbocycles. The summed E-state index contributed by atoms with van der Waals surface area (Å²) in [5.74, 6) is 3.21. The topological polar surface area (TPSA) is 30.5 Å². The Labute approximate surface area is 116 Å². The van der Waals surface area contributed by atoms with Crippen molar-refractivity contribution in [2.75, 3.05) is 19.5 Å². The SMILES string of the molecule is COc1ccc(NC2CCC(C)C(C)C2)cc1OC. The summed E-state index contributed by atoms with van der Waals surface area (Å²) < 4.78 is 10.6. The van der Waals surface area contributed by atoms with Crippen LogP contribution < -0.4 is 14.8 Å². The minimum atomic E-state index is 0.573. The molecule has 3 atom stereocenters. The predicted octanol–water partition coefficient (Wildman–Crippen LogP) is 3.94. The lowest BCUT2D eigenvalue weighted by Crippen LogP contribution is -2.30. The number of methoxy groups -OCH3 is 2. The normalized spacial score (nSPS) is 26.8. The van der Waals surface area contributed by atoms with E-state index < -0.39 is 0 Å². The van der Waals surface area contributed by atoms with Gasteiger partial charge in [-0.2, -0.15) is 0 Å². The fourth-order valence-electron chi connectivity index (χ4n) is 2.84. The molecule has 0 saturated heterocycles. The van der Waals surface area contributed by atoms with Crippen LogP contribution in [-0.2, 0) is 0 Å². The Balaban J connectivity index is 2.03. The van der Waals surface area contributed by atoms with Crippen molar-refractivity contribution < 1.29 is 9.47 Å². The molecule has 1 aromatic carbocycles. The molecular weight excluding hydrogens is 238 g/mol. The molecule has 106 valence electrons. The van der Waals surface area contributed by atoms with Crippen molar-refractivity contribution in [3.05, 3.63) is 18.2 Å². The lowest BCUT2D eigenvalue weighted by atomic mass is 9.79. The van der Waals surface area contributed by atoms with Crippen molar-refractivity contribution in [3.8, 4) is 11.5 Å². The highest BCUT2D eigenvalue weighted by atomic mass is 16.5. The van der Waals surface area contributed by atoms with Gasteiger partial charge in [0.05, 0.1) is 14.2 Å². The molecule has 0 spiro atoms. The van der Waals surface area contributed by atoms with Gasteiger partial charge in [-0.05, 0) is 43.2 Å². The van der Waals surface area contributed by atoms with Crippen LogP contribution in [-0.4, -0.2) is 20.3 Å². The third-order valence-electron chi connectivity index (χ3n) is 4.35. The molecule has 1 aliphatic rings. The molecule has 0 bridgehead atoms. The number of anilines is 1. The second-order valence-electron chi connectivity index (χ2n) is 5.68. The van der Waals surface area contributed by atoms with E-state index >= 15 is 0 Å². The number of nitrogens with one attached hydrogen (secondary N) is 1. The largest absolute Gasteiger partial charge is 0.493 e. The quantitative estimate of drug-likeness (QED) is 0.892. The predicted molar refractivity (Wildman–Crippen MR) is 79.1 cm³/mol. The molecule has 1 N–H and O–H groups in total. The summed E-state index contributed by atoms with van der Waals surface area (Å²) in [6.45, 7) is 4.71. The molecule has 1 fully saturated rings. The lowest BCUT2D eigenvalue weighted by Gasteiger charge is -2.33. The summed E-state index contributed by atoms with van der Waals surface area (Å²) in [5, 5.41) is 3.62. The number of hydrogen-bond acceptors (Lipinski definition) is 3. The monoisotopic (exact) mass is 263 g/mol. The van der Waals surface area contributed by atoms with Crippen LogP contribution in [0.2, 0.25) is 0 Å². The Bertz CT molecular complexity index is 419. The van der Waals surface area contributed by atoms with Crippen molar-refractivity contribution in [2.24, 2.45) is 11.8 Å². The average molecular weight is 263 g/mol. The molecule has 19 heavy (non-hydrogen) atoms. The Morgan fingerprint density at radius 1 is 1.00 bits per heavy atom. The summed E-state index contributed by atoms with van der Waals surface area (Å²) in [7, 11) is 3.33. The van der Waals surface area contributed by atoms with E-state index in [1.807, 2.05) is 12.1 Å². The van der Waals surface area contributed by atoms with E-state index in [9.17, 15) is 0 Å². The van der Waals surface area contributed by atoms with E-state index in [4.69, 9.17) is 9.47 Å². The first kappa shape index (κ1) is 14.0. The van der Waals surface area contributed by atoms with Gasteiger partial charge in [-0.15, -0.1) is 0 Å². The molecule has 0 aliphatic heterocycles. The average Bonchev–Trinajstić information content (AvgIpc) is 2.43. The Morgan fingerprint density at radius 2 is 1.74 bits per heavy atom. The fourth-order valence-corrected chi connectivity index (χ4v) is 2.84. The van der Waals surface area contributed by atoms with Crippen LogP contribution in [0.25, 0.3) is 0 Å². The van der Waals surface area contributed by atoms with E-state index in [2.05, 4.69) is 25.2 Å². The Morgan fingerprint density at radius 3 is 2.37 bits per heavy atom. The first-order chi connectivity index (χ1) is 9.13. The highest BCUT2D eigenvalue weighted by molar-refractivity contribution is 5.55. The second kappa shape index (κ2) is 6.18. The van der Waals surface area contributed by atoms with Crippen LogP contribution >= 0.6 is 0 Å². The summed E-state index contributed by atoms with van der Waals surface area (Å²) in [6.07, 6.45) is 3.81. The molecule has 3 unspecified atom stereocenters. The number of ether oxygens (including phenoxy) is 2. The van der Waals surface area contributed by atoms with Gasteiger partial charge in [0.25, 0.3) is 0 Å². The first-order valence-corrected chi connectivity index (χ1v) is 7.12. The first-order valence-electron chi connectivity index (χ1n) is 7.12. The minimum Gasteiger partial charge on any atom is -0.493 e. The maximum atomic E-state index is 5.34. The number of hydrogen-bond donors (Lipinski definition) is 1. The van der Waals surface area contributed by atoms with Crippen LogP contribution in [0.4, 0.5) is 5.69 Å². The second-order valence-corrected chi connectivity index (χ2v) is 5.68. The summed E-state index contributed by atoms with van der Waals surface area (Å²) in [4.78, 5) is 0. The highest BCUT2D eigenvalue weighted by Crippen LogP contribution is 2.33. The van der Waals surface area contributed by atoms with Gasteiger partial charge in [-0.3, -0.25) is 0 Å². The van der Waals surface area contributed by atoms with E-state index in [1.54, 1.807) is 14.2 Å². The van der Waals surface area contributed by atoms with E-state index in [0.717, 1.165) is 29.0 Å². The van der Waals surface area contributed by atoms with E-state index in [-0.39, 0.29) is 0 Å². The van der Waals surface area contributed by atoms with Gasteiger partial charge in [0.2, 0.25) is 0 Å². The third-order valence-corrected chi connectivity index (χ3v) is 4.35. The third kappa shape index (κ3) is 3.34. The molecular formula is C16H25NO2. The van der Waals surface area contributed by atoms with Crippen LogP contribution in [0.15, 0.2) is 18.2 Å². The van der Waals surface area contributed by atoms with Crippen molar-refractivity contribution in [1.29, 1.82) is 0 Å². The van der Waals surface area contributed by atoms with Gasteiger partial charge in [-0.25, -0.2) is 0 Å². The molecule has 0 amide bonds. The molecule has 1 saturated carbocycles. The Kier molecular flexibility index (Phi) is 4.56. The summed E-state index contributed by atoms with van der Waals surface area (Å²) in [5.41, 5.74) is 1.12. The Hall–Kier alpha value is -1.38. The number of rotatable bonds is 4. The van der Waals surface area contributed by atoms with E-state index in [1.165, 1.54) is 19.3 Å². The zero-order chi connectivity index (χ0) is 13.8. The summed E-state index contributed by atoms with van der Waals surface area (Å²) >= 11 is 0. The van der Waals surface area contributed by atoms with Gasteiger partial charge in [0.1, 0.15) is 0 Å². The van der Waals surface area contributed by atoms with Gasteiger partial charge in [0.15, 0.2) is 11.5 Å². The maximum absolute atomic E-state index is 5.34. The molecule has 3 nitrogen and oxygen atoms in total. The van der Waals surface area contributed by atoms with Crippen molar-refractivity contribution in [1.82, 2.24) is 0 Å². The minimum absolute atomic E-state index is 0.573. The van der Waals surface area contributed by atoms with Gasteiger partial charge in [-0.1, -0.05) is 13.8 Å². The molecule has 3 heteroatoms. The van der Waals surface area contributed by atoms with Crippen LogP contribution in [0.5, 0.6) is 11.5 Å². The molecule has 1 aromatic rings.